The smallest absolute Gasteiger partial charge is 0.0900 e. The van der Waals surface area contributed by atoms with E-state index in [-0.39, 0.29) is 0 Å². The van der Waals surface area contributed by atoms with Crippen molar-refractivity contribution in [3.63, 3.8) is 0 Å². The van der Waals surface area contributed by atoms with Crippen LogP contribution in [0.1, 0.15) is 40.1 Å². The summed E-state index contributed by atoms with van der Waals surface area (Å²) in [5.41, 5.74) is 2.59. The summed E-state index contributed by atoms with van der Waals surface area (Å²) in [6.07, 6.45) is 0. The van der Waals surface area contributed by atoms with Crippen LogP contribution < -0.4 is 5.32 Å². The fourth-order valence-corrected chi connectivity index (χ4v) is 4.25. The van der Waals surface area contributed by atoms with E-state index in [1.54, 1.807) is 0 Å². The summed E-state index contributed by atoms with van der Waals surface area (Å²) in [4.78, 5) is 8.63. The maximum Gasteiger partial charge on any atom is 0.0900 e. The Labute approximate surface area is 131 Å². The van der Waals surface area contributed by atoms with Crippen LogP contribution in [0.25, 0.3) is 0 Å². The largest absolute Gasteiger partial charge is 0.314 e. The molecule has 3 rings (SSSR count). The second-order valence-corrected chi connectivity index (χ2v) is 6.96. The lowest BCUT2D eigenvalue weighted by atomic mass is 10.0. The van der Waals surface area contributed by atoms with Gasteiger partial charge in [0.2, 0.25) is 0 Å². The molecule has 0 spiro atoms. The van der Waals surface area contributed by atoms with E-state index in [1.165, 1.54) is 21.1 Å². The van der Waals surface area contributed by atoms with Crippen LogP contribution in [0, 0.1) is 13.8 Å². The van der Waals surface area contributed by atoms with Gasteiger partial charge >= 0.3 is 0 Å². The number of hydrogen-bond acceptors (Lipinski definition) is 4. The summed E-state index contributed by atoms with van der Waals surface area (Å²) < 4.78 is 0. The Morgan fingerprint density at radius 3 is 2.71 bits per heavy atom. The van der Waals surface area contributed by atoms with Gasteiger partial charge in [-0.05, 0) is 26.3 Å². The molecule has 1 fully saturated rings. The number of aryl methyl sites for hydroxylation is 2. The molecule has 0 saturated carbocycles. The van der Waals surface area contributed by atoms with Crippen LogP contribution in [0.15, 0.2) is 30.3 Å². The average molecular weight is 301 g/mol. The number of aromatic nitrogens is 1. The minimum Gasteiger partial charge on any atom is -0.314 e. The minimum atomic E-state index is 0.420. The molecule has 2 heterocycles. The molecule has 2 unspecified atom stereocenters. The van der Waals surface area contributed by atoms with Crippen molar-refractivity contribution in [2.45, 2.75) is 32.9 Å². The monoisotopic (exact) mass is 301 g/mol. The highest BCUT2D eigenvalue weighted by Gasteiger charge is 2.30. The first-order valence-electron chi connectivity index (χ1n) is 7.62. The fourth-order valence-electron chi connectivity index (χ4n) is 3.25. The molecular formula is C17H23N3S. The molecule has 112 valence electrons. The summed E-state index contributed by atoms with van der Waals surface area (Å²) in [6, 6.07) is 11.7. The van der Waals surface area contributed by atoms with Crippen molar-refractivity contribution in [3.05, 3.63) is 51.5 Å². The summed E-state index contributed by atoms with van der Waals surface area (Å²) in [7, 11) is 0. The molecular weight excluding hydrogens is 278 g/mol. The SMILES string of the molecule is Cc1nc(C)c(C(C)N2CCNCC2c2ccccc2)s1. The Bertz CT molecular complexity index is 593. The Morgan fingerprint density at radius 1 is 1.29 bits per heavy atom. The zero-order valence-electron chi connectivity index (χ0n) is 13.0. The first kappa shape index (κ1) is 14.7. The van der Waals surface area contributed by atoms with E-state index in [2.05, 4.69) is 66.3 Å². The topological polar surface area (TPSA) is 28.2 Å². The van der Waals surface area contributed by atoms with Crippen molar-refractivity contribution in [3.8, 4) is 0 Å². The van der Waals surface area contributed by atoms with Gasteiger partial charge in [-0.2, -0.15) is 0 Å². The standard InChI is InChI=1S/C17H23N3S/c1-12-17(21-14(3)19-12)13(2)20-10-9-18-11-16(20)15-7-5-4-6-8-15/h4-8,13,16,18H,9-11H2,1-3H3. The minimum absolute atomic E-state index is 0.420. The average Bonchev–Trinajstić information content (AvgIpc) is 2.86. The van der Waals surface area contributed by atoms with Crippen LogP contribution in [-0.4, -0.2) is 29.5 Å². The zero-order chi connectivity index (χ0) is 14.8. The van der Waals surface area contributed by atoms with Crippen LogP contribution in [0.5, 0.6) is 0 Å². The Balaban J connectivity index is 1.89. The van der Waals surface area contributed by atoms with Gasteiger partial charge in [0, 0.05) is 36.6 Å². The highest BCUT2D eigenvalue weighted by Crippen LogP contribution is 2.35. The van der Waals surface area contributed by atoms with E-state index in [0.717, 1.165) is 19.6 Å². The van der Waals surface area contributed by atoms with E-state index < -0.39 is 0 Å². The van der Waals surface area contributed by atoms with E-state index in [0.29, 0.717) is 12.1 Å². The summed E-state index contributed by atoms with van der Waals surface area (Å²) in [6.45, 7) is 9.71. The highest BCUT2D eigenvalue weighted by molar-refractivity contribution is 7.11. The Hall–Kier alpha value is -1.23. The van der Waals surface area contributed by atoms with E-state index in [1.807, 2.05) is 11.3 Å². The third kappa shape index (κ3) is 3.03. The Kier molecular flexibility index (Phi) is 4.38. The van der Waals surface area contributed by atoms with Crippen LogP contribution in [-0.2, 0) is 0 Å². The van der Waals surface area contributed by atoms with E-state index in [4.69, 9.17) is 0 Å². The molecule has 4 heteroatoms. The van der Waals surface area contributed by atoms with Gasteiger partial charge in [0.1, 0.15) is 0 Å². The van der Waals surface area contributed by atoms with Crippen molar-refractivity contribution in [2.24, 2.45) is 0 Å². The van der Waals surface area contributed by atoms with Gasteiger partial charge in [0.15, 0.2) is 0 Å². The molecule has 21 heavy (non-hydrogen) atoms. The molecule has 1 aliphatic heterocycles. The predicted molar refractivity (Wildman–Crippen MR) is 88.8 cm³/mol. The normalized spacial score (nSPS) is 21.4. The van der Waals surface area contributed by atoms with Crippen molar-refractivity contribution in [1.82, 2.24) is 15.2 Å². The molecule has 2 atom stereocenters. The highest BCUT2D eigenvalue weighted by atomic mass is 32.1. The summed E-state index contributed by atoms with van der Waals surface area (Å²) in [5, 5.41) is 4.70. The molecule has 1 aromatic carbocycles. The quantitative estimate of drug-likeness (QED) is 0.941. The van der Waals surface area contributed by atoms with Gasteiger partial charge < -0.3 is 5.32 Å². The number of nitrogens with zero attached hydrogens (tertiary/aromatic N) is 2. The lowest BCUT2D eigenvalue weighted by molar-refractivity contribution is 0.116. The van der Waals surface area contributed by atoms with Crippen molar-refractivity contribution < 1.29 is 0 Å². The first-order chi connectivity index (χ1) is 10.2. The molecule has 0 amide bonds. The number of thiazole rings is 1. The van der Waals surface area contributed by atoms with E-state index in [9.17, 15) is 0 Å². The number of rotatable bonds is 3. The molecule has 0 aliphatic carbocycles. The van der Waals surface area contributed by atoms with Gasteiger partial charge in [0.25, 0.3) is 0 Å². The second-order valence-electron chi connectivity index (χ2n) is 5.73. The summed E-state index contributed by atoms with van der Waals surface area (Å²) >= 11 is 1.84. The third-order valence-electron chi connectivity index (χ3n) is 4.29. The maximum absolute atomic E-state index is 4.60. The molecule has 1 aromatic heterocycles. The van der Waals surface area contributed by atoms with Gasteiger partial charge in [-0.15, -0.1) is 11.3 Å². The van der Waals surface area contributed by atoms with Crippen molar-refractivity contribution in [1.29, 1.82) is 0 Å². The van der Waals surface area contributed by atoms with Gasteiger partial charge in [0.05, 0.1) is 10.7 Å². The van der Waals surface area contributed by atoms with Crippen molar-refractivity contribution >= 4 is 11.3 Å². The summed E-state index contributed by atoms with van der Waals surface area (Å²) in [5.74, 6) is 0. The van der Waals surface area contributed by atoms with Crippen LogP contribution in [0.4, 0.5) is 0 Å². The lowest BCUT2D eigenvalue weighted by Gasteiger charge is -2.40. The van der Waals surface area contributed by atoms with Crippen LogP contribution in [0.2, 0.25) is 0 Å². The van der Waals surface area contributed by atoms with Crippen molar-refractivity contribution in [2.75, 3.05) is 19.6 Å². The number of nitrogens with one attached hydrogen (secondary N) is 1. The maximum atomic E-state index is 4.60. The number of benzene rings is 1. The van der Waals surface area contributed by atoms with Crippen LogP contribution in [0.3, 0.4) is 0 Å². The molecule has 1 saturated heterocycles. The van der Waals surface area contributed by atoms with Gasteiger partial charge in [-0.25, -0.2) is 4.98 Å². The number of piperazine rings is 1. The lowest BCUT2D eigenvalue weighted by Crippen LogP contribution is -2.46. The van der Waals surface area contributed by atoms with Crippen LogP contribution >= 0.6 is 11.3 Å². The third-order valence-corrected chi connectivity index (χ3v) is 5.53. The fraction of sp³-hybridized carbons (Fsp3) is 0.471. The molecule has 3 nitrogen and oxygen atoms in total. The van der Waals surface area contributed by atoms with Gasteiger partial charge in [-0.3, -0.25) is 4.90 Å². The van der Waals surface area contributed by atoms with Gasteiger partial charge in [-0.1, -0.05) is 30.3 Å². The predicted octanol–water partition coefficient (Wildman–Crippen LogP) is 3.47. The molecule has 1 aliphatic rings. The zero-order valence-corrected chi connectivity index (χ0v) is 13.8. The molecule has 1 N–H and O–H groups in total. The second kappa shape index (κ2) is 6.26. The van der Waals surface area contributed by atoms with E-state index >= 15 is 0 Å². The number of hydrogen-bond donors (Lipinski definition) is 1. The first-order valence-corrected chi connectivity index (χ1v) is 8.44. The molecule has 2 aromatic rings. The molecule has 0 radical (unpaired) electrons. The Morgan fingerprint density at radius 2 is 2.05 bits per heavy atom. The molecule has 0 bridgehead atoms.